The normalized spacial score (nSPS) is 11.5. The third kappa shape index (κ3) is 4.21. The Morgan fingerprint density at radius 1 is 1.11 bits per heavy atom. The van der Waals surface area contributed by atoms with Crippen LogP contribution in [0.2, 0.25) is 0 Å². The standard InChI is InChI=1S/C21H19NO4S2/c1-12-19(14(3)23)13(2)22-20(12)17(24)11-26-21(25)16(18-7-5-9-28-18)10-15-6-4-8-27-15/h4-10,22H,11H2,1-3H3/b16-10+. The molecule has 0 unspecified atom stereocenters. The second-order valence-corrected chi connectivity index (χ2v) is 8.16. The van der Waals surface area contributed by atoms with Crippen molar-refractivity contribution in [3.05, 3.63) is 67.3 Å². The molecule has 0 spiro atoms. The summed E-state index contributed by atoms with van der Waals surface area (Å²) in [5.74, 6) is -1.04. The Morgan fingerprint density at radius 3 is 2.39 bits per heavy atom. The quantitative estimate of drug-likeness (QED) is 0.339. The number of aromatic amines is 1. The van der Waals surface area contributed by atoms with Gasteiger partial charge in [-0.1, -0.05) is 12.1 Å². The third-order valence-electron chi connectivity index (χ3n) is 4.24. The van der Waals surface area contributed by atoms with E-state index in [0.717, 1.165) is 9.75 Å². The van der Waals surface area contributed by atoms with Gasteiger partial charge in [0.05, 0.1) is 11.3 Å². The van der Waals surface area contributed by atoms with Gasteiger partial charge in [-0.2, -0.15) is 0 Å². The molecule has 0 aliphatic rings. The number of H-pyrrole nitrogens is 1. The Morgan fingerprint density at radius 2 is 1.82 bits per heavy atom. The number of carbonyl (C=O) groups excluding carboxylic acids is 3. The molecular weight excluding hydrogens is 394 g/mol. The molecule has 0 bridgehead atoms. The lowest BCUT2D eigenvalue weighted by atomic mass is 10.1. The van der Waals surface area contributed by atoms with Crippen LogP contribution in [0.4, 0.5) is 0 Å². The zero-order valence-corrected chi connectivity index (χ0v) is 17.3. The number of aryl methyl sites for hydroxylation is 1. The van der Waals surface area contributed by atoms with Gasteiger partial charge in [0.25, 0.3) is 0 Å². The zero-order valence-electron chi connectivity index (χ0n) is 15.7. The van der Waals surface area contributed by atoms with Crippen LogP contribution in [0.25, 0.3) is 11.6 Å². The fraction of sp³-hybridized carbons (Fsp3) is 0.190. The zero-order chi connectivity index (χ0) is 20.3. The average molecular weight is 414 g/mol. The van der Waals surface area contributed by atoms with E-state index >= 15 is 0 Å². The largest absolute Gasteiger partial charge is 0.454 e. The highest BCUT2D eigenvalue weighted by Crippen LogP contribution is 2.26. The molecule has 7 heteroatoms. The molecule has 3 aromatic heterocycles. The Labute approximate surface area is 170 Å². The smallest absolute Gasteiger partial charge is 0.340 e. The van der Waals surface area contributed by atoms with Gasteiger partial charge >= 0.3 is 5.97 Å². The van der Waals surface area contributed by atoms with E-state index in [0.29, 0.717) is 28.1 Å². The third-order valence-corrected chi connectivity index (χ3v) is 5.96. The first kappa shape index (κ1) is 20.0. The first-order valence-corrected chi connectivity index (χ1v) is 10.3. The summed E-state index contributed by atoms with van der Waals surface area (Å²) in [6, 6.07) is 7.51. The van der Waals surface area contributed by atoms with Gasteiger partial charge in [-0.05, 0) is 55.3 Å². The first-order valence-electron chi connectivity index (χ1n) is 8.58. The van der Waals surface area contributed by atoms with E-state index in [4.69, 9.17) is 4.74 Å². The van der Waals surface area contributed by atoms with Crippen LogP contribution in [0.3, 0.4) is 0 Å². The molecule has 28 heavy (non-hydrogen) atoms. The van der Waals surface area contributed by atoms with Crippen LogP contribution in [0, 0.1) is 13.8 Å². The summed E-state index contributed by atoms with van der Waals surface area (Å²) in [5.41, 5.74) is 2.44. The van der Waals surface area contributed by atoms with Crippen molar-refractivity contribution >= 4 is 51.9 Å². The van der Waals surface area contributed by atoms with E-state index in [-0.39, 0.29) is 11.6 Å². The van der Waals surface area contributed by atoms with E-state index in [9.17, 15) is 14.4 Å². The summed E-state index contributed by atoms with van der Waals surface area (Å²) in [5, 5.41) is 3.81. The van der Waals surface area contributed by atoms with E-state index in [1.807, 2.05) is 35.0 Å². The molecule has 3 heterocycles. The topological polar surface area (TPSA) is 76.2 Å². The van der Waals surface area contributed by atoms with Crippen LogP contribution in [0.5, 0.6) is 0 Å². The van der Waals surface area contributed by atoms with Gasteiger partial charge in [0.2, 0.25) is 5.78 Å². The number of rotatable bonds is 7. The van der Waals surface area contributed by atoms with E-state index < -0.39 is 12.6 Å². The van der Waals surface area contributed by atoms with Crippen LogP contribution in [0.15, 0.2) is 35.0 Å². The van der Waals surface area contributed by atoms with Crippen molar-refractivity contribution in [2.75, 3.05) is 6.61 Å². The van der Waals surface area contributed by atoms with Gasteiger partial charge in [-0.3, -0.25) is 9.59 Å². The number of esters is 1. The van der Waals surface area contributed by atoms with Crippen LogP contribution < -0.4 is 0 Å². The maximum Gasteiger partial charge on any atom is 0.340 e. The summed E-state index contributed by atoms with van der Waals surface area (Å²) in [6.45, 7) is 4.51. The fourth-order valence-electron chi connectivity index (χ4n) is 3.02. The molecule has 0 saturated heterocycles. The van der Waals surface area contributed by atoms with E-state index in [1.54, 1.807) is 19.9 Å². The second kappa shape index (κ2) is 8.50. The SMILES string of the molecule is CC(=O)c1c(C)[nH]c(C(=O)COC(=O)/C(=C/c2cccs2)c2cccs2)c1C. The Bertz CT molecular complexity index is 1040. The lowest BCUT2D eigenvalue weighted by Crippen LogP contribution is -2.16. The predicted octanol–water partition coefficient (Wildman–Crippen LogP) is 4.92. The summed E-state index contributed by atoms with van der Waals surface area (Å²) < 4.78 is 5.31. The highest BCUT2D eigenvalue weighted by Gasteiger charge is 2.22. The number of thiophene rings is 2. The molecule has 0 fully saturated rings. The number of aromatic nitrogens is 1. The Balaban J connectivity index is 1.78. The minimum absolute atomic E-state index is 0.110. The number of Topliss-reactive ketones (excluding diaryl/α,β-unsaturated/α-hetero) is 2. The van der Waals surface area contributed by atoms with Gasteiger partial charge < -0.3 is 9.72 Å². The maximum atomic E-state index is 12.7. The Hall–Kier alpha value is -2.77. The van der Waals surface area contributed by atoms with Gasteiger partial charge in [0, 0.05) is 21.0 Å². The molecule has 0 amide bonds. The number of hydrogen-bond donors (Lipinski definition) is 1. The van der Waals surface area contributed by atoms with Crippen LogP contribution in [0.1, 0.15) is 48.8 Å². The monoisotopic (exact) mass is 413 g/mol. The van der Waals surface area contributed by atoms with Gasteiger partial charge in [-0.25, -0.2) is 4.79 Å². The molecule has 5 nitrogen and oxygen atoms in total. The molecule has 0 saturated carbocycles. The van der Waals surface area contributed by atoms with E-state index in [1.165, 1.54) is 29.6 Å². The molecule has 3 rings (SSSR count). The molecule has 0 aliphatic heterocycles. The van der Waals surface area contributed by atoms with Crippen molar-refractivity contribution in [2.45, 2.75) is 20.8 Å². The molecule has 0 radical (unpaired) electrons. The minimum Gasteiger partial charge on any atom is -0.454 e. The molecule has 0 atom stereocenters. The molecule has 0 aromatic carbocycles. The maximum absolute atomic E-state index is 12.7. The number of ether oxygens (including phenoxy) is 1. The fourth-order valence-corrected chi connectivity index (χ4v) is 4.40. The molecule has 144 valence electrons. The molecule has 1 N–H and O–H groups in total. The number of nitrogens with one attached hydrogen (secondary N) is 1. The van der Waals surface area contributed by atoms with Crippen molar-refractivity contribution in [2.24, 2.45) is 0 Å². The minimum atomic E-state index is -0.558. The van der Waals surface area contributed by atoms with Crippen LogP contribution in [-0.2, 0) is 9.53 Å². The predicted molar refractivity (Wildman–Crippen MR) is 112 cm³/mol. The van der Waals surface area contributed by atoms with Gasteiger partial charge in [0.15, 0.2) is 12.4 Å². The first-order chi connectivity index (χ1) is 13.4. The summed E-state index contributed by atoms with van der Waals surface area (Å²) in [6.07, 6.45) is 1.77. The lowest BCUT2D eigenvalue weighted by Gasteiger charge is -2.07. The number of ketones is 2. The highest BCUT2D eigenvalue weighted by molar-refractivity contribution is 7.12. The Kier molecular flexibility index (Phi) is 6.06. The van der Waals surface area contributed by atoms with Crippen molar-refractivity contribution in [1.82, 2.24) is 4.98 Å². The van der Waals surface area contributed by atoms with Gasteiger partial charge in [-0.15, -0.1) is 22.7 Å². The lowest BCUT2D eigenvalue weighted by molar-refractivity contribution is -0.135. The number of carbonyl (C=O) groups is 3. The van der Waals surface area contributed by atoms with E-state index in [2.05, 4.69) is 4.98 Å². The summed E-state index contributed by atoms with van der Waals surface area (Å²) in [7, 11) is 0. The molecule has 3 aromatic rings. The van der Waals surface area contributed by atoms with Crippen LogP contribution in [-0.4, -0.2) is 29.1 Å². The van der Waals surface area contributed by atoms with Crippen molar-refractivity contribution in [1.29, 1.82) is 0 Å². The van der Waals surface area contributed by atoms with Crippen molar-refractivity contribution in [3.63, 3.8) is 0 Å². The van der Waals surface area contributed by atoms with Crippen LogP contribution >= 0.6 is 22.7 Å². The second-order valence-electron chi connectivity index (χ2n) is 6.23. The van der Waals surface area contributed by atoms with Crippen molar-refractivity contribution in [3.8, 4) is 0 Å². The number of hydrogen-bond acceptors (Lipinski definition) is 6. The highest BCUT2D eigenvalue weighted by atomic mass is 32.1. The molecular formula is C21H19NO4S2. The van der Waals surface area contributed by atoms with Crippen molar-refractivity contribution < 1.29 is 19.1 Å². The van der Waals surface area contributed by atoms with Gasteiger partial charge in [0.1, 0.15) is 0 Å². The molecule has 0 aliphatic carbocycles. The average Bonchev–Trinajstić information content (AvgIpc) is 3.39. The summed E-state index contributed by atoms with van der Waals surface area (Å²) in [4.78, 5) is 41.6. The summed E-state index contributed by atoms with van der Waals surface area (Å²) >= 11 is 2.94.